The van der Waals surface area contributed by atoms with Gasteiger partial charge >= 0.3 is 0 Å². The van der Waals surface area contributed by atoms with E-state index in [2.05, 4.69) is 20.8 Å². The maximum absolute atomic E-state index is 13.0. The van der Waals surface area contributed by atoms with Crippen LogP contribution in [0.2, 0.25) is 0 Å². The minimum absolute atomic E-state index is 0.129. The molecule has 3 aromatic carbocycles. The number of fused-ring (bicyclic) bond motifs is 1. The van der Waals surface area contributed by atoms with Crippen LogP contribution in [0.3, 0.4) is 0 Å². The van der Waals surface area contributed by atoms with Gasteiger partial charge in [-0.05, 0) is 73.7 Å². The molecule has 144 valence electrons. The number of benzene rings is 3. The Morgan fingerprint density at radius 3 is 2.38 bits per heavy atom. The molecule has 0 unspecified atom stereocenters. The van der Waals surface area contributed by atoms with Gasteiger partial charge in [0.2, 0.25) is 0 Å². The van der Waals surface area contributed by atoms with Gasteiger partial charge in [0, 0.05) is 11.3 Å². The SMILES string of the molecule is Cc1ccc(-n2nc3ccc(NC(=S)NC(=O)c4ccc(F)cc4)cc3n2)cc1. The zero-order valence-corrected chi connectivity index (χ0v) is 16.2. The highest BCUT2D eigenvalue weighted by Crippen LogP contribution is 2.18. The van der Waals surface area contributed by atoms with Gasteiger partial charge in [-0.25, -0.2) is 4.39 Å². The number of aromatic nitrogens is 3. The molecule has 8 heteroatoms. The van der Waals surface area contributed by atoms with E-state index in [1.54, 1.807) is 16.9 Å². The van der Waals surface area contributed by atoms with Crippen LogP contribution in [-0.2, 0) is 0 Å². The van der Waals surface area contributed by atoms with Crippen LogP contribution in [0, 0.1) is 12.7 Å². The van der Waals surface area contributed by atoms with Crippen LogP contribution in [0.25, 0.3) is 16.7 Å². The number of halogens is 1. The van der Waals surface area contributed by atoms with E-state index in [4.69, 9.17) is 12.2 Å². The fourth-order valence-corrected chi connectivity index (χ4v) is 2.94. The predicted molar refractivity (Wildman–Crippen MR) is 114 cm³/mol. The third-order valence-corrected chi connectivity index (χ3v) is 4.44. The monoisotopic (exact) mass is 405 g/mol. The number of anilines is 1. The summed E-state index contributed by atoms with van der Waals surface area (Å²) >= 11 is 5.20. The molecule has 0 spiro atoms. The number of carbonyl (C=O) groups excluding carboxylic acids is 1. The Labute approximate surface area is 171 Å². The predicted octanol–water partition coefficient (Wildman–Crippen LogP) is 3.99. The normalized spacial score (nSPS) is 10.7. The lowest BCUT2D eigenvalue weighted by molar-refractivity contribution is 0.0977. The highest BCUT2D eigenvalue weighted by Gasteiger charge is 2.10. The molecule has 0 saturated heterocycles. The molecule has 0 radical (unpaired) electrons. The van der Waals surface area contributed by atoms with Gasteiger partial charge in [-0.2, -0.15) is 4.80 Å². The van der Waals surface area contributed by atoms with E-state index in [1.807, 2.05) is 37.3 Å². The topological polar surface area (TPSA) is 71.8 Å². The molecule has 4 rings (SSSR count). The van der Waals surface area contributed by atoms with E-state index < -0.39 is 11.7 Å². The van der Waals surface area contributed by atoms with Crippen LogP contribution in [0.4, 0.5) is 10.1 Å². The van der Waals surface area contributed by atoms with E-state index in [-0.39, 0.29) is 5.11 Å². The minimum atomic E-state index is -0.422. The molecule has 0 aliphatic heterocycles. The summed E-state index contributed by atoms with van der Waals surface area (Å²) in [6, 6.07) is 18.5. The summed E-state index contributed by atoms with van der Waals surface area (Å²) < 4.78 is 13.0. The van der Waals surface area contributed by atoms with E-state index in [0.29, 0.717) is 16.8 Å². The van der Waals surface area contributed by atoms with Gasteiger partial charge < -0.3 is 5.32 Å². The van der Waals surface area contributed by atoms with E-state index in [9.17, 15) is 9.18 Å². The zero-order valence-electron chi connectivity index (χ0n) is 15.4. The smallest absolute Gasteiger partial charge is 0.257 e. The molecule has 0 fully saturated rings. The standard InChI is InChI=1S/C21H16FN5OS/c1-13-2-9-17(10-3-13)27-25-18-11-8-16(12-19(18)26-27)23-21(29)24-20(28)14-4-6-15(22)7-5-14/h2-12H,1H3,(H2,23,24,28,29). The summed E-state index contributed by atoms with van der Waals surface area (Å²) in [5.41, 5.74) is 4.42. The maximum atomic E-state index is 13.0. The number of rotatable bonds is 3. The second-order valence-corrected chi connectivity index (χ2v) is 6.85. The van der Waals surface area contributed by atoms with Crippen molar-refractivity contribution in [1.29, 1.82) is 0 Å². The van der Waals surface area contributed by atoms with Crippen LogP contribution in [-0.4, -0.2) is 26.0 Å². The lowest BCUT2D eigenvalue weighted by atomic mass is 10.2. The maximum Gasteiger partial charge on any atom is 0.257 e. The lowest BCUT2D eigenvalue weighted by Crippen LogP contribution is -2.34. The van der Waals surface area contributed by atoms with Crippen LogP contribution in [0.15, 0.2) is 66.7 Å². The van der Waals surface area contributed by atoms with Gasteiger partial charge in [0.25, 0.3) is 5.91 Å². The number of hydrogen-bond acceptors (Lipinski definition) is 4. The van der Waals surface area contributed by atoms with Crippen molar-refractivity contribution in [3.05, 3.63) is 83.7 Å². The average molecular weight is 405 g/mol. The molecule has 4 aromatic rings. The minimum Gasteiger partial charge on any atom is -0.332 e. The van der Waals surface area contributed by atoms with Crippen molar-refractivity contribution in [1.82, 2.24) is 20.3 Å². The first-order chi connectivity index (χ1) is 14.0. The van der Waals surface area contributed by atoms with Crippen molar-refractivity contribution in [2.75, 3.05) is 5.32 Å². The van der Waals surface area contributed by atoms with E-state index in [1.165, 1.54) is 24.3 Å². The van der Waals surface area contributed by atoms with E-state index >= 15 is 0 Å². The van der Waals surface area contributed by atoms with Crippen molar-refractivity contribution < 1.29 is 9.18 Å². The summed E-state index contributed by atoms with van der Waals surface area (Å²) in [7, 11) is 0. The molecule has 1 heterocycles. The summed E-state index contributed by atoms with van der Waals surface area (Å²) in [4.78, 5) is 13.7. The molecule has 2 N–H and O–H groups in total. The Bertz CT molecular complexity index is 1200. The highest BCUT2D eigenvalue weighted by atomic mass is 32.1. The average Bonchev–Trinajstić information content (AvgIpc) is 3.12. The van der Waals surface area contributed by atoms with Crippen LogP contribution in [0.1, 0.15) is 15.9 Å². The van der Waals surface area contributed by atoms with Crippen molar-refractivity contribution in [3.63, 3.8) is 0 Å². The second-order valence-electron chi connectivity index (χ2n) is 6.44. The van der Waals surface area contributed by atoms with E-state index in [0.717, 1.165) is 16.8 Å². The number of nitrogens with zero attached hydrogens (tertiary/aromatic N) is 3. The van der Waals surface area contributed by atoms with Crippen molar-refractivity contribution in [3.8, 4) is 5.69 Å². The van der Waals surface area contributed by atoms with Crippen molar-refractivity contribution in [2.45, 2.75) is 6.92 Å². The number of nitrogens with one attached hydrogen (secondary N) is 2. The molecule has 1 aromatic heterocycles. The van der Waals surface area contributed by atoms with Gasteiger partial charge in [0.1, 0.15) is 16.9 Å². The molecule has 0 atom stereocenters. The molecule has 0 aliphatic carbocycles. The highest BCUT2D eigenvalue weighted by molar-refractivity contribution is 7.80. The quantitative estimate of drug-likeness (QED) is 0.504. The first-order valence-electron chi connectivity index (χ1n) is 8.80. The van der Waals surface area contributed by atoms with Crippen molar-refractivity contribution in [2.24, 2.45) is 0 Å². The fourth-order valence-electron chi connectivity index (χ4n) is 2.72. The Kier molecular flexibility index (Phi) is 5.01. The number of thiocarbonyl (C=S) groups is 1. The van der Waals surface area contributed by atoms with Gasteiger partial charge in [-0.15, -0.1) is 10.2 Å². The largest absolute Gasteiger partial charge is 0.332 e. The first kappa shape index (κ1) is 18.7. The van der Waals surface area contributed by atoms with Crippen LogP contribution < -0.4 is 10.6 Å². The number of hydrogen-bond donors (Lipinski definition) is 2. The molecule has 29 heavy (non-hydrogen) atoms. The molecule has 6 nitrogen and oxygen atoms in total. The van der Waals surface area contributed by atoms with Gasteiger partial charge in [-0.3, -0.25) is 10.1 Å². The third kappa shape index (κ3) is 4.27. The molecule has 0 saturated carbocycles. The van der Waals surface area contributed by atoms with Crippen LogP contribution in [0.5, 0.6) is 0 Å². The Morgan fingerprint density at radius 1 is 0.966 bits per heavy atom. The van der Waals surface area contributed by atoms with Gasteiger partial charge in [0.15, 0.2) is 5.11 Å². The lowest BCUT2D eigenvalue weighted by Gasteiger charge is -2.09. The summed E-state index contributed by atoms with van der Waals surface area (Å²) in [6.07, 6.45) is 0. The molecular weight excluding hydrogens is 389 g/mol. The van der Waals surface area contributed by atoms with Crippen molar-refractivity contribution >= 4 is 40.0 Å². The second kappa shape index (κ2) is 7.76. The Morgan fingerprint density at radius 2 is 1.66 bits per heavy atom. The molecule has 0 aliphatic rings. The summed E-state index contributed by atoms with van der Waals surface area (Å²) in [5, 5.41) is 14.6. The molecule has 1 amide bonds. The number of aryl methyl sites for hydroxylation is 1. The van der Waals surface area contributed by atoms with Crippen LogP contribution >= 0.6 is 12.2 Å². The number of carbonyl (C=O) groups is 1. The Balaban J connectivity index is 1.47. The third-order valence-electron chi connectivity index (χ3n) is 4.24. The Hall–Kier alpha value is -3.65. The summed E-state index contributed by atoms with van der Waals surface area (Å²) in [6.45, 7) is 2.02. The summed E-state index contributed by atoms with van der Waals surface area (Å²) in [5.74, 6) is -0.830. The molecular formula is C21H16FN5OS. The first-order valence-corrected chi connectivity index (χ1v) is 9.21. The van der Waals surface area contributed by atoms with Gasteiger partial charge in [-0.1, -0.05) is 17.7 Å². The number of amides is 1. The zero-order chi connectivity index (χ0) is 20.4. The molecule has 0 bridgehead atoms. The fraction of sp³-hybridized carbons (Fsp3) is 0.0476. The van der Waals surface area contributed by atoms with Gasteiger partial charge in [0.05, 0.1) is 5.69 Å².